The molecule has 7 nitrogen and oxygen atoms in total. The lowest BCUT2D eigenvalue weighted by Gasteiger charge is -2.40. The monoisotopic (exact) mass is 563 g/mol. The van der Waals surface area contributed by atoms with Crippen LogP contribution in [-0.2, 0) is 14.3 Å². The lowest BCUT2D eigenvalue weighted by Crippen LogP contribution is -3.00. The van der Waals surface area contributed by atoms with E-state index in [9.17, 15) is 9.59 Å². The number of ether oxygens (including phenoxy) is 2. The third-order valence-corrected chi connectivity index (χ3v) is 7.81. The highest BCUT2D eigenvalue weighted by molar-refractivity contribution is 7.99. The Morgan fingerprint density at radius 3 is 2.00 bits per heavy atom. The number of alkyl carbamates (subject to hydrolysis) is 1. The number of para-hydroxylation sites is 2. The molecule has 38 heavy (non-hydrogen) atoms. The highest BCUT2D eigenvalue weighted by Crippen LogP contribution is 2.48. The van der Waals surface area contributed by atoms with Crippen molar-refractivity contribution in [2.45, 2.75) is 63.0 Å². The van der Waals surface area contributed by atoms with E-state index in [1.807, 2.05) is 34.6 Å². The Morgan fingerprint density at radius 2 is 1.50 bits per heavy atom. The first-order valence-corrected chi connectivity index (χ1v) is 13.7. The van der Waals surface area contributed by atoms with Crippen LogP contribution in [0.5, 0.6) is 0 Å². The molecule has 1 heterocycles. The molecule has 1 amide bonds. The van der Waals surface area contributed by atoms with E-state index in [2.05, 4.69) is 79.8 Å². The van der Waals surface area contributed by atoms with Gasteiger partial charge in [0.05, 0.1) is 37.9 Å². The lowest BCUT2D eigenvalue weighted by molar-refractivity contribution is -0.927. The number of carbonyl (C=O) groups is 2. The van der Waals surface area contributed by atoms with Crippen LogP contribution in [0, 0.1) is 11.8 Å². The summed E-state index contributed by atoms with van der Waals surface area (Å²) in [6.07, 6.45) is -0.532. The second-order valence-electron chi connectivity index (χ2n) is 11.6. The SMILES string of the molecule is CC(C)C(CNC(=O)OC(C)(C)C)C(=O)OC[N+](C)(C)C(C)CN1c2ccccc2Sc2ccccc21.[Cl-]. The quantitative estimate of drug-likeness (QED) is 0.287. The summed E-state index contributed by atoms with van der Waals surface area (Å²) in [7, 11) is 4.16. The summed E-state index contributed by atoms with van der Waals surface area (Å²) in [4.78, 5) is 30.0. The Kier molecular flexibility index (Phi) is 11.0. The van der Waals surface area contributed by atoms with Gasteiger partial charge in [-0.15, -0.1) is 0 Å². The number of hydrogen-bond acceptors (Lipinski definition) is 6. The first-order chi connectivity index (χ1) is 17.3. The summed E-state index contributed by atoms with van der Waals surface area (Å²) in [6, 6.07) is 17.1. The summed E-state index contributed by atoms with van der Waals surface area (Å²) < 4.78 is 11.6. The van der Waals surface area contributed by atoms with Crippen molar-refractivity contribution in [2.75, 3.05) is 38.8 Å². The molecule has 1 aliphatic rings. The van der Waals surface area contributed by atoms with E-state index in [1.54, 1.807) is 11.8 Å². The maximum Gasteiger partial charge on any atom is 0.407 e. The molecular formula is C29H42ClN3O4S. The fourth-order valence-electron chi connectivity index (χ4n) is 4.03. The number of benzene rings is 2. The van der Waals surface area contributed by atoms with Crippen LogP contribution in [0.2, 0.25) is 0 Å². The van der Waals surface area contributed by atoms with Crippen molar-refractivity contribution in [3.8, 4) is 0 Å². The molecule has 210 valence electrons. The average Bonchev–Trinajstić information content (AvgIpc) is 2.81. The molecular weight excluding hydrogens is 522 g/mol. The summed E-state index contributed by atoms with van der Waals surface area (Å²) in [5.74, 6) is -0.760. The standard InChI is InChI=1S/C29H41N3O4S.ClH/c1-20(2)22(17-30-28(34)36-29(4,5)6)27(33)35-19-32(7,8)21(3)18-31-23-13-9-11-15-25(23)37-26-16-12-10-14-24(26)31;/h9-16,20-22H,17-19H2,1-8H3;1H. The van der Waals surface area contributed by atoms with Crippen molar-refractivity contribution in [1.29, 1.82) is 0 Å². The van der Waals surface area contributed by atoms with E-state index in [0.717, 1.165) is 6.54 Å². The van der Waals surface area contributed by atoms with E-state index in [-0.39, 0.29) is 43.6 Å². The molecule has 2 atom stereocenters. The number of carbonyl (C=O) groups excluding carboxylic acids is 2. The molecule has 2 aromatic rings. The number of nitrogens with zero attached hydrogens (tertiary/aromatic N) is 2. The van der Waals surface area contributed by atoms with Crippen molar-refractivity contribution >= 4 is 35.2 Å². The van der Waals surface area contributed by atoms with Crippen molar-refractivity contribution in [2.24, 2.45) is 11.8 Å². The minimum absolute atomic E-state index is 0. The van der Waals surface area contributed by atoms with Crippen LogP contribution in [0.15, 0.2) is 58.3 Å². The normalized spacial score (nSPS) is 14.5. The highest BCUT2D eigenvalue weighted by atomic mass is 35.5. The molecule has 9 heteroatoms. The smallest absolute Gasteiger partial charge is 0.407 e. The van der Waals surface area contributed by atoms with Crippen LogP contribution in [0.1, 0.15) is 41.5 Å². The number of quaternary nitrogens is 1. The predicted octanol–water partition coefficient (Wildman–Crippen LogP) is 3.06. The van der Waals surface area contributed by atoms with Gasteiger partial charge in [-0.2, -0.15) is 0 Å². The number of likely N-dealkylation sites (N-methyl/N-ethyl adjacent to an activating group) is 1. The third-order valence-electron chi connectivity index (χ3n) is 6.68. The van der Waals surface area contributed by atoms with Crippen LogP contribution in [0.4, 0.5) is 16.2 Å². The molecule has 0 fully saturated rings. The van der Waals surface area contributed by atoms with Crippen LogP contribution in [0.25, 0.3) is 0 Å². The molecule has 2 aromatic carbocycles. The second kappa shape index (κ2) is 13.1. The number of anilines is 2. The average molecular weight is 564 g/mol. The predicted molar refractivity (Wildman–Crippen MR) is 149 cm³/mol. The van der Waals surface area contributed by atoms with Crippen molar-refractivity contribution in [3.63, 3.8) is 0 Å². The summed E-state index contributed by atoms with van der Waals surface area (Å²) >= 11 is 1.80. The van der Waals surface area contributed by atoms with Gasteiger partial charge in [-0.3, -0.25) is 9.28 Å². The van der Waals surface area contributed by atoms with E-state index in [4.69, 9.17) is 9.47 Å². The molecule has 0 bridgehead atoms. The van der Waals surface area contributed by atoms with Gasteiger partial charge in [-0.25, -0.2) is 4.79 Å². The molecule has 0 radical (unpaired) electrons. The number of esters is 1. The van der Waals surface area contributed by atoms with Gasteiger partial charge < -0.3 is 32.1 Å². The van der Waals surface area contributed by atoms with Crippen molar-refractivity contribution in [1.82, 2.24) is 5.32 Å². The number of amides is 1. The molecule has 1 N–H and O–H groups in total. The van der Waals surface area contributed by atoms with Crippen LogP contribution in [0.3, 0.4) is 0 Å². The van der Waals surface area contributed by atoms with Crippen LogP contribution < -0.4 is 22.6 Å². The third kappa shape index (κ3) is 8.29. The first-order valence-electron chi connectivity index (χ1n) is 12.9. The van der Waals surface area contributed by atoms with E-state index >= 15 is 0 Å². The minimum atomic E-state index is -0.594. The van der Waals surface area contributed by atoms with E-state index in [0.29, 0.717) is 4.48 Å². The van der Waals surface area contributed by atoms with Gasteiger partial charge in [0, 0.05) is 16.3 Å². The Labute approximate surface area is 238 Å². The zero-order valence-electron chi connectivity index (χ0n) is 23.8. The van der Waals surface area contributed by atoms with Crippen molar-refractivity contribution < 1.29 is 36.0 Å². The number of rotatable bonds is 9. The summed E-state index contributed by atoms with van der Waals surface area (Å²) in [6.45, 7) is 12.7. The Balaban J connectivity index is 0.00000507. The Bertz CT molecular complexity index is 1060. The van der Waals surface area contributed by atoms with Crippen molar-refractivity contribution in [3.05, 3.63) is 48.5 Å². The van der Waals surface area contributed by atoms with Gasteiger partial charge in [-0.05, 0) is 57.9 Å². The molecule has 0 spiro atoms. The molecule has 0 aromatic heterocycles. The molecule has 0 aliphatic carbocycles. The fourth-order valence-corrected chi connectivity index (χ4v) is 5.12. The maximum atomic E-state index is 13.0. The van der Waals surface area contributed by atoms with Crippen LogP contribution in [-0.4, -0.2) is 62.1 Å². The zero-order valence-corrected chi connectivity index (χ0v) is 25.4. The largest absolute Gasteiger partial charge is 1.00 e. The Hall–Kier alpha value is -2.42. The second-order valence-corrected chi connectivity index (χ2v) is 12.7. The topological polar surface area (TPSA) is 67.9 Å². The number of halogens is 1. The highest BCUT2D eigenvalue weighted by Gasteiger charge is 2.33. The lowest BCUT2D eigenvalue weighted by atomic mass is 9.96. The molecule has 0 saturated heterocycles. The van der Waals surface area contributed by atoms with Gasteiger partial charge >= 0.3 is 12.1 Å². The van der Waals surface area contributed by atoms with E-state index in [1.165, 1.54) is 21.2 Å². The molecule has 3 rings (SSSR count). The zero-order chi connectivity index (χ0) is 27.4. The maximum absolute atomic E-state index is 13.0. The molecule has 0 saturated carbocycles. The van der Waals surface area contributed by atoms with Gasteiger partial charge in [0.25, 0.3) is 0 Å². The fraction of sp³-hybridized carbons (Fsp3) is 0.517. The van der Waals surface area contributed by atoms with Gasteiger partial charge in [0.2, 0.25) is 6.73 Å². The van der Waals surface area contributed by atoms with Gasteiger partial charge in [0.1, 0.15) is 11.6 Å². The Morgan fingerprint density at radius 1 is 0.974 bits per heavy atom. The minimum Gasteiger partial charge on any atom is -1.00 e. The number of nitrogens with one attached hydrogen (secondary N) is 1. The van der Waals surface area contributed by atoms with E-state index < -0.39 is 17.6 Å². The molecule has 2 unspecified atom stereocenters. The summed E-state index contributed by atoms with van der Waals surface area (Å²) in [5.41, 5.74) is 1.80. The van der Waals surface area contributed by atoms with Gasteiger partial charge in [-0.1, -0.05) is 49.9 Å². The van der Waals surface area contributed by atoms with Crippen LogP contribution >= 0.6 is 11.8 Å². The first kappa shape index (κ1) is 31.8. The molecule has 1 aliphatic heterocycles. The van der Waals surface area contributed by atoms with Gasteiger partial charge in [0.15, 0.2) is 0 Å². The summed E-state index contributed by atoms with van der Waals surface area (Å²) in [5, 5.41) is 2.72. The number of hydrogen-bond donors (Lipinski definition) is 1. The number of fused-ring (bicyclic) bond motifs is 2.